The Kier molecular flexibility index (Phi) is 5.55. The lowest BCUT2D eigenvalue weighted by atomic mass is 10.1. The van der Waals surface area contributed by atoms with Crippen LogP contribution in [0, 0.1) is 0 Å². The smallest absolute Gasteiger partial charge is 0.222 e. The summed E-state index contributed by atoms with van der Waals surface area (Å²) in [5.74, 6) is 0.287. The van der Waals surface area contributed by atoms with E-state index in [0.29, 0.717) is 12.5 Å². The number of anilines is 1. The Morgan fingerprint density at radius 1 is 1.04 bits per heavy atom. The van der Waals surface area contributed by atoms with Crippen molar-refractivity contribution >= 4 is 11.6 Å². The second kappa shape index (κ2) is 7.82. The zero-order valence-electron chi connectivity index (χ0n) is 14.0. The first-order valence-corrected chi connectivity index (χ1v) is 9.09. The second-order valence-electron chi connectivity index (χ2n) is 6.91. The number of hydrogen-bond donors (Lipinski definition) is 1. The van der Waals surface area contributed by atoms with Crippen LogP contribution in [-0.4, -0.2) is 47.9 Å². The lowest BCUT2D eigenvalue weighted by molar-refractivity contribution is -0.131. The number of aryl methyl sites for hydroxylation is 1. The number of likely N-dealkylation sites (tertiary alicyclic amines) is 2. The van der Waals surface area contributed by atoms with Gasteiger partial charge in [0.05, 0.1) is 0 Å². The molecular weight excluding hydrogens is 286 g/mol. The van der Waals surface area contributed by atoms with E-state index < -0.39 is 0 Å². The Bertz CT molecular complexity index is 525. The van der Waals surface area contributed by atoms with Crippen molar-refractivity contribution in [3.63, 3.8) is 0 Å². The zero-order valence-corrected chi connectivity index (χ0v) is 14.0. The number of amides is 1. The summed E-state index contributed by atoms with van der Waals surface area (Å²) in [7, 11) is 0. The number of nitrogen functional groups attached to an aromatic ring is 1. The van der Waals surface area contributed by atoms with Crippen LogP contribution in [-0.2, 0) is 11.2 Å². The minimum Gasteiger partial charge on any atom is -0.399 e. The molecule has 126 valence electrons. The van der Waals surface area contributed by atoms with Crippen LogP contribution in [0.25, 0.3) is 0 Å². The van der Waals surface area contributed by atoms with Gasteiger partial charge >= 0.3 is 0 Å². The summed E-state index contributed by atoms with van der Waals surface area (Å²) in [5, 5.41) is 0. The van der Waals surface area contributed by atoms with Crippen LogP contribution in [0.15, 0.2) is 24.3 Å². The highest BCUT2D eigenvalue weighted by atomic mass is 16.2. The molecule has 3 rings (SSSR count). The molecule has 1 amide bonds. The highest BCUT2D eigenvalue weighted by Gasteiger charge is 2.26. The van der Waals surface area contributed by atoms with Crippen LogP contribution in [0.1, 0.15) is 44.1 Å². The summed E-state index contributed by atoms with van der Waals surface area (Å²) in [6.07, 6.45) is 7.53. The predicted octanol–water partition coefficient (Wildman–Crippen LogP) is 2.68. The SMILES string of the molecule is Nc1ccccc1CCC(=O)N1CCCC(N2CCCC2)CC1. The van der Waals surface area contributed by atoms with Gasteiger partial charge in [0.15, 0.2) is 0 Å². The maximum absolute atomic E-state index is 12.5. The fourth-order valence-corrected chi connectivity index (χ4v) is 3.96. The summed E-state index contributed by atoms with van der Waals surface area (Å²) >= 11 is 0. The maximum atomic E-state index is 12.5. The van der Waals surface area contributed by atoms with Gasteiger partial charge in [-0.2, -0.15) is 0 Å². The summed E-state index contributed by atoms with van der Waals surface area (Å²) in [6, 6.07) is 8.55. The third-order valence-corrected chi connectivity index (χ3v) is 5.37. The normalized spacial score (nSPS) is 23.0. The van der Waals surface area contributed by atoms with Crippen molar-refractivity contribution in [2.24, 2.45) is 0 Å². The third kappa shape index (κ3) is 4.25. The molecule has 0 radical (unpaired) electrons. The Hall–Kier alpha value is -1.55. The van der Waals surface area contributed by atoms with Crippen molar-refractivity contribution in [1.82, 2.24) is 9.80 Å². The van der Waals surface area contributed by atoms with Gasteiger partial charge in [0.25, 0.3) is 0 Å². The van der Waals surface area contributed by atoms with Gasteiger partial charge in [0, 0.05) is 31.2 Å². The topological polar surface area (TPSA) is 49.6 Å². The van der Waals surface area contributed by atoms with Gasteiger partial charge in [0.2, 0.25) is 5.91 Å². The monoisotopic (exact) mass is 315 g/mol. The van der Waals surface area contributed by atoms with E-state index in [1.807, 2.05) is 24.3 Å². The van der Waals surface area contributed by atoms with Gasteiger partial charge in [-0.25, -0.2) is 0 Å². The molecule has 2 N–H and O–H groups in total. The van der Waals surface area contributed by atoms with Crippen molar-refractivity contribution in [3.8, 4) is 0 Å². The third-order valence-electron chi connectivity index (χ3n) is 5.37. The molecule has 0 aromatic heterocycles. The van der Waals surface area contributed by atoms with Gasteiger partial charge < -0.3 is 15.5 Å². The first kappa shape index (κ1) is 16.3. The van der Waals surface area contributed by atoms with Crippen molar-refractivity contribution in [2.45, 2.75) is 51.0 Å². The highest BCUT2D eigenvalue weighted by molar-refractivity contribution is 5.76. The molecule has 2 heterocycles. The van der Waals surface area contributed by atoms with Gasteiger partial charge in [-0.15, -0.1) is 0 Å². The highest BCUT2D eigenvalue weighted by Crippen LogP contribution is 2.22. The number of rotatable bonds is 4. The number of nitrogens with two attached hydrogens (primary N) is 1. The molecule has 4 nitrogen and oxygen atoms in total. The Morgan fingerprint density at radius 2 is 1.83 bits per heavy atom. The maximum Gasteiger partial charge on any atom is 0.222 e. The quantitative estimate of drug-likeness (QED) is 0.869. The number of benzene rings is 1. The summed E-state index contributed by atoms with van der Waals surface area (Å²) in [5.41, 5.74) is 7.85. The second-order valence-corrected chi connectivity index (χ2v) is 6.91. The van der Waals surface area contributed by atoms with Gasteiger partial charge in [-0.1, -0.05) is 18.2 Å². The molecule has 0 aliphatic carbocycles. The average Bonchev–Trinajstić information content (AvgIpc) is 2.98. The van der Waals surface area contributed by atoms with Crippen molar-refractivity contribution in [1.29, 1.82) is 0 Å². The number of carbonyl (C=O) groups is 1. The summed E-state index contributed by atoms with van der Waals surface area (Å²) < 4.78 is 0. The largest absolute Gasteiger partial charge is 0.399 e. The Labute approximate surface area is 139 Å². The van der Waals surface area contributed by atoms with Crippen LogP contribution >= 0.6 is 0 Å². The van der Waals surface area contributed by atoms with Gasteiger partial charge in [-0.05, 0) is 63.2 Å². The fraction of sp³-hybridized carbons (Fsp3) is 0.632. The van der Waals surface area contributed by atoms with Crippen molar-refractivity contribution in [2.75, 3.05) is 31.9 Å². The minimum atomic E-state index is 0.287. The molecule has 23 heavy (non-hydrogen) atoms. The number of para-hydroxylation sites is 1. The van der Waals surface area contributed by atoms with E-state index in [2.05, 4.69) is 9.80 Å². The van der Waals surface area contributed by atoms with Crippen LogP contribution < -0.4 is 5.73 Å². The molecule has 0 bridgehead atoms. The van der Waals surface area contributed by atoms with Crippen LogP contribution in [0.4, 0.5) is 5.69 Å². The zero-order chi connectivity index (χ0) is 16.1. The molecule has 1 atom stereocenters. The van der Waals surface area contributed by atoms with Crippen LogP contribution in [0.2, 0.25) is 0 Å². The lowest BCUT2D eigenvalue weighted by Crippen LogP contribution is -2.35. The number of hydrogen-bond acceptors (Lipinski definition) is 3. The van der Waals surface area contributed by atoms with E-state index >= 15 is 0 Å². The Balaban J connectivity index is 1.49. The van der Waals surface area contributed by atoms with E-state index in [-0.39, 0.29) is 5.91 Å². The number of carbonyl (C=O) groups excluding carboxylic acids is 1. The summed E-state index contributed by atoms with van der Waals surface area (Å²) in [6.45, 7) is 4.36. The van der Waals surface area contributed by atoms with E-state index in [4.69, 9.17) is 5.73 Å². The molecule has 0 spiro atoms. The van der Waals surface area contributed by atoms with Crippen molar-refractivity contribution in [3.05, 3.63) is 29.8 Å². The van der Waals surface area contributed by atoms with E-state index in [9.17, 15) is 4.79 Å². The van der Waals surface area contributed by atoms with Crippen LogP contribution in [0.5, 0.6) is 0 Å². The molecule has 2 aliphatic heterocycles. The van der Waals surface area contributed by atoms with Gasteiger partial charge in [0.1, 0.15) is 0 Å². The van der Waals surface area contributed by atoms with Gasteiger partial charge in [-0.3, -0.25) is 4.79 Å². The Morgan fingerprint density at radius 3 is 2.61 bits per heavy atom. The molecular formula is C19H29N3O. The predicted molar refractivity (Wildman–Crippen MR) is 94.2 cm³/mol. The lowest BCUT2D eigenvalue weighted by Gasteiger charge is -2.26. The first-order chi connectivity index (χ1) is 11.2. The van der Waals surface area contributed by atoms with Crippen molar-refractivity contribution < 1.29 is 4.79 Å². The molecule has 2 aliphatic rings. The van der Waals surface area contributed by atoms with Crippen LogP contribution in [0.3, 0.4) is 0 Å². The fourth-order valence-electron chi connectivity index (χ4n) is 3.96. The number of nitrogens with zero attached hydrogens (tertiary/aromatic N) is 2. The van der Waals surface area contributed by atoms with E-state index in [0.717, 1.165) is 43.6 Å². The molecule has 1 unspecified atom stereocenters. The van der Waals surface area contributed by atoms with E-state index in [1.165, 1.54) is 32.4 Å². The molecule has 2 saturated heterocycles. The molecule has 1 aromatic carbocycles. The minimum absolute atomic E-state index is 0.287. The summed E-state index contributed by atoms with van der Waals surface area (Å²) in [4.78, 5) is 17.3. The molecule has 2 fully saturated rings. The molecule has 1 aromatic rings. The molecule has 4 heteroatoms. The van der Waals surface area contributed by atoms with E-state index in [1.54, 1.807) is 0 Å². The first-order valence-electron chi connectivity index (χ1n) is 9.09. The standard InChI is InChI=1S/C19H29N3O/c20-18-8-2-1-6-16(18)9-10-19(23)22-14-5-7-17(11-15-22)21-12-3-4-13-21/h1-2,6,8,17H,3-5,7,9-15,20H2. The molecule has 0 saturated carbocycles. The average molecular weight is 315 g/mol.